The van der Waals surface area contributed by atoms with E-state index in [0.717, 1.165) is 24.7 Å². The van der Waals surface area contributed by atoms with Gasteiger partial charge in [-0.15, -0.1) is 11.8 Å². The van der Waals surface area contributed by atoms with E-state index in [1.165, 1.54) is 12.8 Å². The van der Waals surface area contributed by atoms with Gasteiger partial charge in [0.05, 0.1) is 0 Å². The van der Waals surface area contributed by atoms with E-state index in [1.54, 1.807) is 11.1 Å². The van der Waals surface area contributed by atoms with Gasteiger partial charge in [-0.2, -0.15) is 0 Å². The van der Waals surface area contributed by atoms with E-state index in [-0.39, 0.29) is 0 Å². The minimum atomic E-state index is 0.340. The summed E-state index contributed by atoms with van der Waals surface area (Å²) in [6, 6.07) is 9.27. The van der Waals surface area contributed by atoms with Crippen LogP contribution in [0.4, 0.5) is 0 Å². The van der Waals surface area contributed by atoms with Crippen LogP contribution < -0.4 is 5.73 Å². The Hall–Kier alpha value is -1.26. The molecule has 4 unspecified atom stereocenters. The van der Waals surface area contributed by atoms with Crippen LogP contribution >= 0.6 is 0 Å². The van der Waals surface area contributed by atoms with Crippen molar-refractivity contribution in [2.75, 3.05) is 0 Å². The number of hydrogen-bond donors (Lipinski definition) is 1. The fourth-order valence-corrected chi connectivity index (χ4v) is 3.76. The van der Waals surface area contributed by atoms with Crippen LogP contribution in [-0.2, 0) is 6.42 Å². The van der Waals surface area contributed by atoms with Gasteiger partial charge >= 0.3 is 0 Å². The van der Waals surface area contributed by atoms with E-state index >= 15 is 0 Å². The van der Waals surface area contributed by atoms with Crippen molar-refractivity contribution in [3.05, 3.63) is 35.4 Å². The van der Waals surface area contributed by atoms with Crippen LogP contribution in [0.3, 0.4) is 0 Å². The predicted molar refractivity (Wildman–Crippen MR) is 75.1 cm³/mol. The number of hydrogen-bond acceptors (Lipinski definition) is 1. The minimum absolute atomic E-state index is 0.340. The lowest BCUT2D eigenvalue weighted by Gasteiger charge is -2.13. The molecule has 3 rings (SSSR count). The van der Waals surface area contributed by atoms with Gasteiger partial charge in [-0.05, 0) is 55.1 Å². The first kappa shape index (κ1) is 11.8. The van der Waals surface area contributed by atoms with Crippen LogP contribution in [0.15, 0.2) is 24.3 Å². The molecule has 1 saturated carbocycles. The molecule has 2 aliphatic carbocycles. The fraction of sp³-hybridized carbons (Fsp3) is 0.529. The first-order valence-corrected chi connectivity index (χ1v) is 7.06. The van der Waals surface area contributed by atoms with Crippen LogP contribution in [0.25, 0.3) is 0 Å². The summed E-state index contributed by atoms with van der Waals surface area (Å²) in [7, 11) is 0. The van der Waals surface area contributed by atoms with Crippen LogP contribution in [0.1, 0.15) is 43.2 Å². The molecule has 0 spiro atoms. The highest BCUT2D eigenvalue weighted by atomic mass is 14.7. The Balaban J connectivity index is 1.70. The lowest BCUT2D eigenvalue weighted by atomic mass is 9.92. The van der Waals surface area contributed by atoms with Gasteiger partial charge in [0, 0.05) is 12.5 Å². The highest BCUT2D eigenvalue weighted by molar-refractivity contribution is 5.40. The third-order valence-corrected chi connectivity index (χ3v) is 4.66. The molecule has 0 radical (unpaired) electrons. The van der Waals surface area contributed by atoms with Gasteiger partial charge in [-0.3, -0.25) is 0 Å². The summed E-state index contributed by atoms with van der Waals surface area (Å²) in [5.74, 6) is 8.40. The van der Waals surface area contributed by atoms with Crippen LogP contribution in [0.2, 0.25) is 0 Å². The smallest absolute Gasteiger partial charge is 0.0103 e. The normalized spacial score (nSPS) is 29.6. The monoisotopic (exact) mass is 239 g/mol. The number of rotatable bonds is 3. The molecule has 0 bridgehead atoms. The quantitative estimate of drug-likeness (QED) is 0.806. The molecule has 1 aromatic carbocycles. The zero-order chi connectivity index (χ0) is 12.5. The second-order valence-electron chi connectivity index (χ2n) is 5.63. The van der Waals surface area contributed by atoms with Gasteiger partial charge in [-0.1, -0.05) is 24.3 Å². The first-order chi connectivity index (χ1) is 8.83. The van der Waals surface area contributed by atoms with E-state index in [4.69, 9.17) is 5.73 Å². The average Bonchev–Trinajstić information content (AvgIpc) is 3.14. The second kappa shape index (κ2) is 4.78. The molecule has 18 heavy (non-hydrogen) atoms. The Kier molecular flexibility index (Phi) is 3.14. The molecule has 0 amide bonds. The molecule has 0 aromatic heterocycles. The van der Waals surface area contributed by atoms with Gasteiger partial charge in [0.1, 0.15) is 0 Å². The molecule has 2 aliphatic rings. The summed E-state index contributed by atoms with van der Waals surface area (Å²) < 4.78 is 0. The van der Waals surface area contributed by atoms with Crippen molar-refractivity contribution in [2.45, 2.75) is 44.6 Å². The van der Waals surface area contributed by atoms with Gasteiger partial charge in [0.15, 0.2) is 0 Å². The molecule has 94 valence electrons. The lowest BCUT2D eigenvalue weighted by molar-refractivity contribution is 0.510. The van der Waals surface area contributed by atoms with Crippen LogP contribution in [-0.4, -0.2) is 6.04 Å². The number of aryl methyl sites for hydroxylation is 1. The Bertz CT molecular complexity index is 494. The third kappa shape index (κ3) is 1.95. The molecule has 0 heterocycles. The summed E-state index contributed by atoms with van der Waals surface area (Å²) in [6.07, 6.45) is 4.59. The van der Waals surface area contributed by atoms with Crippen molar-refractivity contribution in [3.8, 4) is 11.8 Å². The SMILES string of the molecule is CC#CCCC(N)C1C2CCc3ccccc3C21. The van der Waals surface area contributed by atoms with Crippen molar-refractivity contribution in [1.82, 2.24) is 0 Å². The molecule has 1 heteroatoms. The summed E-state index contributed by atoms with van der Waals surface area (Å²) >= 11 is 0. The maximum absolute atomic E-state index is 6.37. The van der Waals surface area contributed by atoms with Crippen molar-refractivity contribution < 1.29 is 0 Å². The summed E-state index contributed by atoms with van der Waals surface area (Å²) in [5, 5.41) is 0. The highest BCUT2D eigenvalue weighted by Gasteiger charge is 2.55. The largest absolute Gasteiger partial charge is 0.327 e. The lowest BCUT2D eigenvalue weighted by Crippen LogP contribution is -2.23. The van der Waals surface area contributed by atoms with E-state index in [9.17, 15) is 0 Å². The standard InChI is InChI=1S/C17H21N/c1-2-3-4-9-15(18)17-14-11-10-12-7-5-6-8-13(12)16(14)17/h5-8,14-17H,4,9-11,18H2,1H3. The second-order valence-corrected chi connectivity index (χ2v) is 5.63. The predicted octanol–water partition coefficient (Wildman–Crippen LogP) is 3.09. The molecular formula is C17H21N. The summed E-state index contributed by atoms with van der Waals surface area (Å²) in [5.41, 5.74) is 9.51. The molecule has 2 N–H and O–H groups in total. The van der Waals surface area contributed by atoms with Crippen LogP contribution in [0.5, 0.6) is 0 Å². The topological polar surface area (TPSA) is 26.0 Å². The Labute approximate surface area is 110 Å². The van der Waals surface area contributed by atoms with Crippen molar-refractivity contribution in [1.29, 1.82) is 0 Å². The molecule has 4 atom stereocenters. The van der Waals surface area contributed by atoms with Gasteiger partial charge in [-0.25, -0.2) is 0 Å². The Morgan fingerprint density at radius 1 is 1.39 bits per heavy atom. The minimum Gasteiger partial charge on any atom is -0.327 e. The zero-order valence-corrected chi connectivity index (χ0v) is 11.0. The number of nitrogens with two attached hydrogens (primary N) is 1. The summed E-state index contributed by atoms with van der Waals surface area (Å²) in [4.78, 5) is 0. The summed E-state index contributed by atoms with van der Waals surface area (Å²) in [6.45, 7) is 1.90. The van der Waals surface area contributed by atoms with Crippen LogP contribution in [0, 0.1) is 23.7 Å². The fourth-order valence-electron chi connectivity index (χ4n) is 3.76. The zero-order valence-electron chi connectivity index (χ0n) is 11.0. The van der Waals surface area contributed by atoms with E-state index < -0.39 is 0 Å². The molecule has 1 nitrogen and oxygen atoms in total. The maximum atomic E-state index is 6.37. The Morgan fingerprint density at radius 3 is 3.06 bits per heavy atom. The van der Waals surface area contributed by atoms with Crippen molar-refractivity contribution in [2.24, 2.45) is 17.6 Å². The Morgan fingerprint density at radius 2 is 2.22 bits per heavy atom. The van der Waals surface area contributed by atoms with Gasteiger partial charge in [0.2, 0.25) is 0 Å². The maximum Gasteiger partial charge on any atom is 0.0103 e. The molecule has 1 fully saturated rings. The highest BCUT2D eigenvalue weighted by Crippen LogP contribution is 2.61. The first-order valence-electron chi connectivity index (χ1n) is 7.06. The molecule has 0 saturated heterocycles. The van der Waals surface area contributed by atoms with E-state index in [2.05, 4.69) is 36.1 Å². The third-order valence-electron chi connectivity index (χ3n) is 4.66. The van der Waals surface area contributed by atoms with Crippen molar-refractivity contribution >= 4 is 0 Å². The van der Waals surface area contributed by atoms with Gasteiger partial charge < -0.3 is 5.73 Å². The average molecular weight is 239 g/mol. The molecular weight excluding hydrogens is 218 g/mol. The molecule has 1 aromatic rings. The number of benzene rings is 1. The molecule has 0 aliphatic heterocycles. The van der Waals surface area contributed by atoms with Crippen molar-refractivity contribution in [3.63, 3.8) is 0 Å². The van der Waals surface area contributed by atoms with Gasteiger partial charge in [0.25, 0.3) is 0 Å². The van der Waals surface area contributed by atoms with E-state index in [0.29, 0.717) is 12.0 Å². The van der Waals surface area contributed by atoms with E-state index in [1.807, 2.05) is 6.92 Å². The number of fused-ring (bicyclic) bond motifs is 3.